The van der Waals surface area contributed by atoms with Crippen molar-refractivity contribution >= 4 is 11.9 Å². The molecule has 120 valence electrons. The summed E-state index contributed by atoms with van der Waals surface area (Å²) >= 11 is 0. The van der Waals surface area contributed by atoms with E-state index in [1.807, 2.05) is 13.8 Å². The van der Waals surface area contributed by atoms with Gasteiger partial charge in [-0.15, -0.1) is 5.10 Å². The van der Waals surface area contributed by atoms with Gasteiger partial charge >= 0.3 is 6.01 Å². The van der Waals surface area contributed by atoms with Gasteiger partial charge in [0, 0.05) is 13.1 Å². The van der Waals surface area contributed by atoms with Crippen LogP contribution in [0, 0.1) is 5.92 Å². The van der Waals surface area contributed by atoms with Crippen LogP contribution in [0.25, 0.3) is 0 Å². The maximum Gasteiger partial charge on any atom is 0.316 e. The number of aromatic nitrogens is 2. The van der Waals surface area contributed by atoms with E-state index >= 15 is 0 Å². The largest absolute Gasteiger partial charge is 0.407 e. The molecule has 0 bridgehead atoms. The molecule has 1 amide bonds. The van der Waals surface area contributed by atoms with Gasteiger partial charge < -0.3 is 20.0 Å². The van der Waals surface area contributed by atoms with Gasteiger partial charge in [0.25, 0.3) is 0 Å². The first kappa shape index (κ1) is 17.4. The molecule has 0 aromatic carbocycles. The van der Waals surface area contributed by atoms with Crippen LogP contribution in [-0.4, -0.2) is 46.7 Å². The quantitative estimate of drug-likeness (QED) is 0.718. The van der Waals surface area contributed by atoms with Crippen LogP contribution in [0.3, 0.4) is 0 Å². The summed E-state index contributed by atoms with van der Waals surface area (Å²) in [5.41, 5.74) is 0. The predicted molar refractivity (Wildman–Crippen MR) is 81.9 cm³/mol. The molecule has 7 heteroatoms. The van der Waals surface area contributed by atoms with Gasteiger partial charge in [-0.05, 0) is 33.2 Å². The molecule has 1 rings (SSSR count). The third-order valence-electron chi connectivity index (χ3n) is 3.08. The molecule has 0 saturated carbocycles. The normalized spacial score (nSPS) is 12.5. The highest BCUT2D eigenvalue weighted by atomic mass is 16.4. The minimum atomic E-state index is -0.387. The van der Waals surface area contributed by atoms with Crippen molar-refractivity contribution in [3.63, 3.8) is 0 Å². The molecule has 0 aliphatic carbocycles. The van der Waals surface area contributed by atoms with Crippen LogP contribution in [0.4, 0.5) is 6.01 Å². The van der Waals surface area contributed by atoms with Crippen molar-refractivity contribution in [1.29, 1.82) is 0 Å². The number of rotatable bonds is 9. The van der Waals surface area contributed by atoms with Gasteiger partial charge in [0.1, 0.15) is 6.04 Å². The van der Waals surface area contributed by atoms with Crippen molar-refractivity contribution in [1.82, 2.24) is 20.4 Å². The van der Waals surface area contributed by atoms with Gasteiger partial charge in [-0.3, -0.25) is 4.79 Å². The standard InChI is InChI=1S/C14H27N5O2/c1-6-19(7-2)13(20)11(5)16-14-18-17-12(21-14)9-15-8-10(3)4/h10-11,15H,6-9H2,1-5H3,(H,16,18). The highest BCUT2D eigenvalue weighted by molar-refractivity contribution is 5.83. The summed E-state index contributed by atoms with van der Waals surface area (Å²) in [6, 6.07) is -0.105. The van der Waals surface area contributed by atoms with Crippen molar-refractivity contribution in [3.8, 4) is 0 Å². The Balaban J connectivity index is 2.48. The molecule has 1 aromatic heterocycles. The molecule has 0 spiro atoms. The molecule has 21 heavy (non-hydrogen) atoms. The molecule has 7 nitrogen and oxygen atoms in total. The lowest BCUT2D eigenvalue weighted by molar-refractivity contribution is -0.131. The molecule has 0 aliphatic rings. The van der Waals surface area contributed by atoms with Gasteiger partial charge in [0.05, 0.1) is 6.54 Å². The molecule has 1 atom stereocenters. The lowest BCUT2D eigenvalue weighted by atomic mass is 10.2. The lowest BCUT2D eigenvalue weighted by Gasteiger charge is -2.22. The third kappa shape index (κ3) is 5.71. The number of nitrogens with zero attached hydrogens (tertiary/aromatic N) is 3. The number of nitrogens with one attached hydrogen (secondary N) is 2. The first-order chi connectivity index (χ1) is 9.97. The maximum atomic E-state index is 12.1. The highest BCUT2D eigenvalue weighted by Crippen LogP contribution is 2.08. The zero-order chi connectivity index (χ0) is 15.8. The zero-order valence-electron chi connectivity index (χ0n) is 13.6. The van der Waals surface area contributed by atoms with E-state index in [0.717, 1.165) is 6.54 Å². The molecular weight excluding hydrogens is 270 g/mol. The summed E-state index contributed by atoms with van der Waals surface area (Å²) in [7, 11) is 0. The number of carbonyl (C=O) groups excluding carboxylic acids is 1. The average molecular weight is 297 g/mol. The fraction of sp³-hybridized carbons (Fsp3) is 0.786. The molecule has 0 aliphatic heterocycles. The Labute approximate surface area is 126 Å². The Kier molecular flexibility index (Phi) is 7.14. The van der Waals surface area contributed by atoms with E-state index < -0.39 is 0 Å². The van der Waals surface area contributed by atoms with E-state index in [9.17, 15) is 4.79 Å². The van der Waals surface area contributed by atoms with Crippen molar-refractivity contribution in [2.45, 2.75) is 47.2 Å². The van der Waals surface area contributed by atoms with E-state index in [4.69, 9.17) is 4.42 Å². The smallest absolute Gasteiger partial charge is 0.316 e. The van der Waals surface area contributed by atoms with Crippen LogP contribution < -0.4 is 10.6 Å². The molecule has 1 unspecified atom stereocenters. The first-order valence-corrected chi connectivity index (χ1v) is 7.56. The second-order valence-electron chi connectivity index (χ2n) is 5.40. The molecule has 0 radical (unpaired) electrons. The highest BCUT2D eigenvalue weighted by Gasteiger charge is 2.19. The van der Waals surface area contributed by atoms with E-state index in [0.29, 0.717) is 31.4 Å². The van der Waals surface area contributed by atoms with Crippen LogP contribution in [-0.2, 0) is 11.3 Å². The Morgan fingerprint density at radius 3 is 2.48 bits per heavy atom. The minimum absolute atomic E-state index is 0.0256. The molecule has 0 fully saturated rings. The fourth-order valence-electron chi connectivity index (χ4n) is 1.91. The minimum Gasteiger partial charge on any atom is -0.407 e. The van der Waals surface area contributed by atoms with Crippen LogP contribution >= 0.6 is 0 Å². The molecule has 2 N–H and O–H groups in total. The van der Waals surface area contributed by atoms with Crippen LogP contribution in [0.15, 0.2) is 4.42 Å². The van der Waals surface area contributed by atoms with E-state index in [2.05, 4.69) is 34.7 Å². The summed E-state index contributed by atoms with van der Waals surface area (Å²) in [6.45, 7) is 12.8. The number of amides is 1. The van der Waals surface area contributed by atoms with Crippen molar-refractivity contribution in [3.05, 3.63) is 5.89 Å². The Morgan fingerprint density at radius 2 is 1.90 bits per heavy atom. The number of carbonyl (C=O) groups is 1. The van der Waals surface area contributed by atoms with Crippen molar-refractivity contribution < 1.29 is 9.21 Å². The second kappa shape index (κ2) is 8.61. The van der Waals surface area contributed by atoms with Gasteiger partial charge in [-0.2, -0.15) is 0 Å². The van der Waals surface area contributed by atoms with Crippen molar-refractivity contribution in [2.75, 3.05) is 25.0 Å². The summed E-state index contributed by atoms with van der Waals surface area (Å²) in [6.07, 6.45) is 0. The number of likely N-dealkylation sites (N-methyl/N-ethyl adjacent to an activating group) is 1. The fourth-order valence-corrected chi connectivity index (χ4v) is 1.91. The summed E-state index contributed by atoms with van der Waals surface area (Å²) in [5, 5.41) is 14.0. The van der Waals surface area contributed by atoms with E-state index in [1.165, 1.54) is 0 Å². The monoisotopic (exact) mass is 297 g/mol. The summed E-state index contributed by atoms with van der Waals surface area (Å²) in [5.74, 6) is 1.11. The second-order valence-corrected chi connectivity index (χ2v) is 5.40. The first-order valence-electron chi connectivity index (χ1n) is 7.56. The SMILES string of the molecule is CCN(CC)C(=O)C(C)Nc1nnc(CNCC(C)C)o1. The van der Waals surface area contributed by atoms with Crippen LogP contribution in [0.1, 0.15) is 40.5 Å². The van der Waals surface area contributed by atoms with Gasteiger partial charge in [-0.25, -0.2) is 0 Å². The number of hydrogen-bond acceptors (Lipinski definition) is 6. The summed E-state index contributed by atoms with van der Waals surface area (Å²) in [4.78, 5) is 13.9. The topological polar surface area (TPSA) is 83.3 Å². The number of anilines is 1. The Hall–Kier alpha value is -1.63. The molecule has 0 saturated heterocycles. The van der Waals surface area contributed by atoms with Crippen LogP contribution in [0.2, 0.25) is 0 Å². The molecular formula is C14H27N5O2. The zero-order valence-corrected chi connectivity index (χ0v) is 13.6. The molecule has 1 heterocycles. The van der Waals surface area contributed by atoms with E-state index in [-0.39, 0.29) is 18.0 Å². The Bertz CT molecular complexity index is 429. The van der Waals surface area contributed by atoms with Gasteiger partial charge in [0.2, 0.25) is 11.8 Å². The molecule has 1 aromatic rings. The predicted octanol–water partition coefficient (Wildman–Crippen LogP) is 1.48. The van der Waals surface area contributed by atoms with Gasteiger partial charge in [0.15, 0.2) is 0 Å². The Morgan fingerprint density at radius 1 is 1.24 bits per heavy atom. The summed E-state index contributed by atoms with van der Waals surface area (Å²) < 4.78 is 5.47. The number of hydrogen-bond donors (Lipinski definition) is 2. The van der Waals surface area contributed by atoms with Gasteiger partial charge in [-0.1, -0.05) is 18.9 Å². The van der Waals surface area contributed by atoms with E-state index in [1.54, 1.807) is 11.8 Å². The van der Waals surface area contributed by atoms with Crippen molar-refractivity contribution in [2.24, 2.45) is 5.92 Å². The maximum absolute atomic E-state index is 12.1. The lowest BCUT2D eigenvalue weighted by Crippen LogP contribution is -2.41. The van der Waals surface area contributed by atoms with Crippen LogP contribution in [0.5, 0.6) is 0 Å². The average Bonchev–Trinajstić information content (AvgIpc) is 2.87. The third-order valence-corrected chi connectivity index (χ3v) is 3.08.